The van der Waals surface area contributed by atoms with Crippen molar-refractivity contribution in [2.24, 2.45) is 0 Å². The molecule has 8 heteroatoms. The summed E-state index contributed by atoms with van der Waals surface area (Å²) in [4.78, 5) is 15.8. The van der Waals surface area contributed by atoms with Gasteiger partial charge in [0.1, 0.15) is 0 Å². The largest absolute Gasteiger partial charge is 0.378 e. The minimum Gasteiger partial charge on any atom is -0.378 e. The van der Waals surface area contributed by atoms with Crippen LogP contribution in [0.3, 0.4) is 0 Å². The molecule has 2 aromatic rings. The summed E-state index contributed by atoms with van der Waals surface area (Å²) in [5.41, 5.74) is 0.814. The molecule has 1 atom stereocenters. The van der Waals surface area contributed by atoms with Crippen LogP contribution in [0.25, 0.3) is 11.4 Å². The highest BCUT2D eigenvalue weighted by atomic mass is 35.5. The third-order valence-corrected chi connectivity index (χ3v) is 4.06. The average molecular weight is 336 g/mol. The quantitative estimate of drug-likeness (QED) is 0.852. The molecule has 122 valence electrons. The van der Waals surface area contributed by atoms with E-state index in [1.807, 2.05) is 19.1 Å². The number of amides is 1. The Kier molecular flexibility index (Phi) is 4.88. The third kappa shape index (κ3) is 3.51. The van der Waals surface area contributed by atoms with Crippen molar-refractivity contribution in [1.82, 2.24) is 25.1 Å². The number of hydrogen-bond donors (Lipinski definition) is 0. The Morgan fingerprint density at radius 1 is 1.30 bits per heavy atom. The molecule has 0 spiro atoms. The number of carbonyl (C=O) groups is 1. The van der Waals surface area contributed by atoms with E-state index < -0.39 is 6.04 Å². The summed E-state index contributed by atoms with van der Waals surface area (Å²) >= 11 is 5.88. The molecule has 1 amide bonds. The van der Waals surface area contributed by atoms with E-state index in [9.17, 15) is 4.79 Å². The Hall–Kier alpha value is -1.99. The number of rotatable bonds is 4. The summed E-state index contributed by atoms with van der Waals surface area (Å²) in [6.45, 7) is 4.29. The average Bonchev–Trinajstić information content (AvgIpc) is 3.06. The molecule has 0 radical (unpaired) electrons. The van der Waals surface area contributed by atoms with Gasteiger partial charge >= 0.3 is 0 Å². The molecule has 1 aromatic heterocycles. The van der Waals surface area contributed by atoms with Crippen LogP contribution in [-0.2, 0) is 9.53 Å². The molecule has 3 rings (SSSR count). The predicted molar refractivity (Wildman–Crippen MR) is 85.0 cm³/mol. The number of benzene rings is 1. The second-order valence-electron chi connectivity index (χ2n) is 5.30. The minimum absolute atomic E-state index is 0.0101. The molecule has 0 bridgehead atoms. The summed E-state index contributed by atoms with van der Waals surface area (Å²) in [5, 5.41) is 13.1. The number of halogens is 1. The lowest BCUT2D eigenvalue weighted by Crippen LogP contribution is -2.44. The number of carbonyl (C=O) groups excluding carboxylic acids is 1. The van der Waals surface area contributed by atoms with E-state index >= 15 is 0 Å². The van der Waals surface area contributed by atoms with Crippen molar-refractivity contribution in [3.63, 3.8) is 0 Å². The van der Waals surface area contributed by atoms with Crippen LogP contribution < -0.4 is 0 Å². The van der Waals surface area contributed by atoms with Crippen LogP contribution in [0.5, 0.6) is 0 Å². The molecule has 0 aliphatic carbocycles. The van der Waals surface area contributed by atoms with Crippen molar-refractivity contribution in [3.8, 4) is 11.4 Å². The van der Waals surface area contributed by atoms with Gasteiger partial charge < -0.3 is 9.64 Å². The maximum Gasteiger partial charge on any atom is 0.249 e. The maximum atomic E-state index is 12.6. The van der Waals surface area contributed by atoms with E-state index in [4.69, 9.17) is 16.3 Å². The van der Waals surface area contributed by atoms with Gasteiger partial charge in [0.2, 0.25) is 11.7 Å². The highest BCUT2D eigenvalue weighted by molar-refractivity contribution is 6.30. The monoisotopic (exact) mass is 335 g/mol. The molecule has 1 aliphatic rings. The number of aromatic nitrogens is 4. The highest BCUT2D eigenvalue weighted by Gasteiger charge is 2.28. The molecule has 0 N–H and O–H groups in total. The van der Waals surface area contributed by atoms with Gasteiger partial charge in [0.15, 0.2) is 6.04 Å². The topological polar surface area (TPSA) is 73.1 Å². The second kappa shape index (κ2) is 7.06. The van der Waals surface area contributed by atoms with Crippen molar-refractivity contribution in [2.45, 2.75) is 19.4 Å². The third-order valence-electron chi connectivity index (χ3n) is 3.80. The van der Waals surface area contributed by atoms with E-state index in [0.29, 0.717) is 43.6 Å². The first-order valence-electron chi connectivity index (χ1n) is 7.61. The van der Waals surface area contributed by atoms with Crippen LogP contribution >= 0.6 is 11.6 Å². The summed E-state index contributed by atoms with van der Waals surface area (Å²) in [6, 6.07) is 6.76. The maximum absolute atomic E-state index is 12.6. The van der Waals surface area contributed by atoms with Gasteiger partial charge in [-0.15, -0.1) is 10.2 Å². The molecule has 23 heavy (non-hydrogen) atoms. The second-order valence-corrected chi connectivity index (χ2v) is 5.74. The molecule has 1 fully saturated rings. The molecule has 1 unspecified atom stereocenters. The van der Waals surface area contributed by atoms with Crippen molar-refractivity contribution < 1.29 is 9.53 Å². The van der Waals surface area contributed by atoms with Crippen LogP contribution in [0.2, 0.25) is 5.02 Å². The van der Waals surface area contributed by atoms with E-state index in [0.717, 1.165) is 5.56 Å². The number of tetrazole rings is 1. The SMILES string of the molecule is CCC(C(=O)N1CCOCC1)n1nnc(-c2ccc(Cl)cc2)n1. The zero-order valence-corrected chi connectivity index (χ0v) is 13.6. The molecule has 1 aliphatic heterocycles. The normalized spacial score (nSPS) is 16.3. The highest BCUT2D eigenvalue weighted by Crippen LogP contribution is 2.19. The van der Waals surface area contributed by atoms with Crippen molar-refractivity contribution >= 4 is 17.5 Å². The predicted octanol–water partition coefficient (Wildman–Crippen LogP) is 1.80. The van der Waals surface area contributed by atoms with Crippen LogP contribution in [0.4, 0.5) is 0 Å². The summed E-state index contributed by atoms with van der Waals surface area (Å²) in [6.07, 6.45) is 0.604. The van der Waals surface area contributed by atoms with Crippen LogP contribution in [0.1, 0.15) is 19.4 Å². The first kappa shape index (κ1) is 15.9. The number of nitrogens with zero attached hydrogens (tertiary/aromatic N) is 5. The van der Waals surface area contributed by atoms with Gasteiger partial charge in [-0.2, -0.15) is 4.80 Å². The fourth-order valence-corrected chi connectivity index (χ4v) is 2.63. The standard InChI is InChI=1S/C15H18ClN5O2/c1-2-13(15(22)20-7-9-23-10-8-20)21-18-14(17-19-21)11-3-5-12(16)6-4-11/h3-6,13H,2,7-10H2,1H3. The Morgan fingerprint density at radius 2 is 2.00 bits per heavy atom. The Balaban J connectivity index is 1.79. The lowest BCUT2D eigenvalue weighted by Gasteiger charge is -2.29. The van der Waals surface area contributed by atoms with Gasteiger partial charge in [-0.3, -0.25) is 4.79 Å². The van der Waals surface area contributed by atoms with E-state index in [2.05, 4.69) is 15.4 Å². The molecule has 7 nitrogen and oxygen atoms in total. The number of ether oxygens (including phenoxy) is 1. The van der Waals surface area contributed by atoms with Crippen molar-refractivity contribution in [3.05, 3.63) is 29.3 Å². The van der Waals surface area contributed by atoms with E-state index in [-0.39, 0.29) is 5.91 Å². The number of morpholine rings is 1. The first-order valence-corrected chi connectivity index (χ1v) is 7.99. The molecule has 0 saturated carbocycles. The molecule has 2 heterocycles. The van der Waals surface area contributed by atoms with Gasteiger partial charge in [0.05, 0.1) is 13.2 Å². The van der Waals surface area contributed by atoms with E-state index in [1.54, 1.807) is 17.0 Å². The Bertz CT molecular complexity index is 667. The summed E-state index contributed by atoms with van der Waals surface area (Å²) < 4.78 is 5.29. The Labute approximate surface area is 139 Å². The van der Waals surface area contributed by atoms with Gasteiger partial charge in [-0.25, -0.2) is 0 Å². The van der Waals surface area contributed by atoms with Gasteiger partial charge in [-0.05, 0) is 35.9 Å². The molecular formula is C15H18ClN5O2. The van der Waals surface area contributed by atoms with Gasteiger partial charge in [0.25, 0.3) is 0 Å². The van der Waals surface area contributed by atoms with Crippen LogP contribution in [-0.4, -0.2) is 57.3 Å². The molecule has 1 aromatic carbocycles. The van der Waals surface area contributed by atoms with Crippen LogP contribution in [0, 0.1) is 0 Å². The fourth-order valence-electron chi connectivity index (χ4n) is 2.50. The minimum atomic E-state index is -0.443. The Morgan fingerprint density at radius 3 is 2.65 bits per heavy atom. The molecule has 1 saturated heterocycles. The van der Waals surface area contributed by atoms with E-state index in [1.165, 1.54) is 4.80 Å². The van der Waals surface area contributed by atoms with Gasteiger partial charge in [-0.1, -0.05) is 18.5 Å². The zero-order chi connectivity index (χ0) is 16.2. The lowest BCUT2D eigenvalue weighted by atomic mass is 10.2. The summed E-state index contributed by atoms with van der Waals surface area (Å²) in [7, 11) is 0. The van der Waals surface area contributed by atoms with Crippen molar-refractivity contribution in [2.75, 3.05) is 26.3 Å². The fraction of sp³-hybridized carbons (Fsp3) is 0.467. The first-order chi connectivity index (χ1) is 11.2. The molecular weight excluding hydrogens is 318 g/mol. The smallest absolute Gasteiger partial charge is 0.249 e. The van der Waals surface area contributed by atoms with Crippen LogP contribution in [0.15, 0.2) is 24.3 Å². The number of hydrogen-bond acceptors (Lipinski definition) is 5. The van der Waals surface area contributed by atoms with Crippen molar-refractivity contribution in [1.29, 1.82) is 0 Å². The summed E-state index contributed by atoms with van der Waals surface area (Å²) in [5.74, 6) is 0.491. The van der Waals surface area contributed by atoms with Gasteiger partial charge in [0, 0.05) is 23.7 Å². The lowest BCUT2D eigenvalue weighted by molar-refractivity contribution is -0.139. The zero-order valence-electron chi connectivity index (χ0n) is 12.9.